The van der Waals surface area contributed by atoms with Gasteiger partial charge in [-0.15, -0.1) is 0 Å². The molecule has 2 heterocycles. The van der Waals surface area contributed by atoms with E-state index >= 15 is 0 Å². The first kappa shape index (κ1) is 20.6. The minimum Gasteiger partial charge on any atom is -0.330 e. The van der Waals surface area contributed by atoms with Gasteiger partial charge in [0.2, 0.25) is 5.91 Å². The van der Waals surface area contributed by atoms with E-state index in [1.807, 2.05) is 30.3 Å². The van der Waals surface area contributed by atoms with Crippen molar-refractivity contribution < 1.29 is 18.0 Å². The van der Waals surface area contributed by atoms with E-state index in [4.69, 9.17) is 0 Å². The van der Waals surface area contributed by atoms with Gasteiger partial charge in [-0.25, -0.2) is 14.6 Å². The highest BCUT2D eigenvalue weighted by atomic mass is 32.2. The molecule has 0 bridgehead atoms. The van der Waals surface area contributed by atoms with E-state index in [0.29, 0.717) is 16.1 Å². The molecule has 1 amide bonds. The zero-order valence-electron chi connectivity index (χ0n) is 16.2. The number of alkyl halides is 3. The summed E-state index contributed by atoms with van der Waals surface area (Å²) >= 11 is 1.11. The van der Waals surface area contributed by atoms with E-state index in [0.717, 1.165) is 35.2 Å². The molecule has 1 unspecified atom stereocenters. The molecule has 1 saturated carbocycles. The van der Waals surface area contributed by atoms with Crippen molar-refractivity contribution in [1.29, 1.82) is 0 Å². The summed E-state index contributed by atoms with van der Waals surface area (Å²) < 4.78 is 40.7. The maximum Gasteiger partial charge on any atom is 0.406 e. The summed E-state index contributed by atoms with van der Waals surface area (Å²) in [6.07, 6.45) is 0.275. The van der Waals surface area contributed by atoms with Gasteiger partial charge in [0.1, 0.15) is 17.9 Å². The van der Waals surface area contributed by atoms with Crippen molar-refractivity contribution in [3.8, 4) is 5.69 Å². The number of carbonyl (C=O) groups excluding carboxylic acids is 1. The number of carbonyl (C=O) groups is 1. The highest BCUT2D eigenvalue weighted by Crippen LogP contribution is 2.36. The normalized spacial score (nSPS) is 15.3. The third-order valence-corrected chi connectivity index (χ3v) is 6.12. The molecule has 0 aliphatic heterocycles. The number of hydrogen-bond acceptors (Lipinski definition) is 5. The first-order valence-corrected chi connectivity index (χ1v) is 10.6. The van der Waals surface area contributed by atoms with Crippen LogP contribution >= 0.6 is 11.8 Å². The van der Waals surface area contributed by atoms with E-state index in [-0.39, 0.29) is 11.7 Å². The van der Waals surface area contributed by atoms with Crippen molar-refractivity contribution >= 4 is 28.7 Å². The number of hydrogen-bond donors (Lipinski definition) is 0. The zero-order chi connectivity index (χ0) is 21.3. The van der Waals surface area contributed by atoms with Gasteiger partial charge in [-0.1, -0.05) is 30.0 Å². The zero-order valence-corrected chi connectivity index (χ0v) is 17.0. The van der Waals surface area contributed by atoms with Gasteiger partial charge < -0.3 is 4.90 Å². The third kappa shape index (κ3) is 4.58. The van der Waals surface area contributed by atoms with Gasteiger partial charge in [0.15, 0.2) is 5.65 Å². The Morgan fingerprint density at radius 2 is 2.00 bits per heavy atom. The second kappa shape index (κ2) is 8.25. The van der Waals surface area contributed by atoms with Crippen LogP contribution in [-0.4, -0.2) is 55.1 Å². The van der Waals surface area contributed by atoms with Crippen molar-refractivity contribution in [2.24, 2.45) is 5.92 Å². The Hall–Kier alpha value is -2.62. The summed E-state index contributed by atoms with van der Waals surface area (Å²) in [6.45, 7) is 0.466. The summed E-state index contributed by atoms with van der Waals surface area (Å²) in [5, 5.41) is 5.52. The van der Waals surface area contributed by atoms with Crippen LogP contribution in [0, 0.1) is 5.92 Å². The molecular formula is C20H20F3N5OS. The molecule has 0 spiro atoms. The number of halogens is 3. The van der Waals surface area contributed by atoms with Crippen molar-refractivity contribution in [2.75, 3.05) is 12.3 Å². The molecular weight excluding hydrogens is 415 g/mol. The number of aromatic nitrogens is 4. The molecule has 6 nitrogen and oxygen atoms in total. The van der Waals surface area contributed by atoms with Crippen LogP contribution in [-0.2, 0) is 4.79 Å². The van der Waals surface area contributed by atoms with E-state index in [1.165, 1.54) is 6.33 Å². The minimum atomic E-state index is -4.43. The molecule has 4 rings (SSSR count). The van der Waals surface area contributed by atoms with Gasteiger partial charge in [-0.2, -0.15) is 18.3 Å². The van der Waals surface area contributed by atoms with Crippen LogP contribution in [0.5, 0.6) is 0 Å². The minimum absolute atomic E-state index is 0.129. The lowest BCUT2D eigenvalue weighted by molar-refractivity contribution is -0.164. The summed E-state index contributed by atoms with van der Waals surface area (Å²) in [6, 6.07) is 9.01. The smallest absolute Gasteiger partial charge is 0.330 e. The lowest BCUT2D eigenvalue weighted by Gasteiger charge is -2.30. The number of amides is 1. The third-order valence-electron chi connectivity index (χ3n) is 5.13. The van der Waals surface area contributed by atoms with Crippen molar-refractivity contribution in [2.45, 2.75) is 37.0 Å². The van der Waals surface area contributed by atoms with E-state index in [9.17, 15) is 18.0 Å². The fraction of sp³-hybridized carbons (Fsp3) is 0.400. The highest BCUT2D eigenvalue weighted by molar-refractivity contribution is 8.00. The Morgan fingerprint density at radius 1 is 1.27 bits per heavy atom. The topological polar surface area (TPSA) is 63.9 Å². The van der Waals surface area contributed by atoms with Crippen LogP contribution < -0.4 is 0 Å². The molecule has 10 heteroatoms. The predicted octanol–water partition coefficient (Wildman–Crippen LogP) is 4.10. The molecule has 158 valence electrons. The molecule has 1 aromatic carbocycles. The number of fused-ring (bicyclic) bond motifs is 1. The molecule has 3 aromatic rings. The Balaban J connectivity index is 1.52. The second-order valence-corrected chi connectivity index (χ2v) is 8.28. The summed E-state index contributed by atoms with van der Waals surface area (Å²) in [5.41, 5.74) is 1.40. The van der Waals surface area contributed by atoms with E-state index < -0.39 is 24.7 Å². The molecule has 1 fully saturated rings. The van der Waals surface area contributed by atoms with Crippen molar-refractivity contribution in [3.63, 3.8) is 0 Å². The van der Waals surface area contributed by atoms with Crippen LogP contribution in [0.15, 0.2) is 47.9 Å². The Morgan fingerprint density at radius 3 is 2.67 bits per heavy atom. The fourth-order valence-electron chi connectivity index (χ4n) is 3.39. The molecule has 0 N–H and O–H groups in total. The van der Waals surface area contributed by atoms with Crippen LogP contribution in [0.2, 0.25) is 0 Å². The van der Waals surface area contributed by atoms with E-state index in [1.54, 1.807) is 17.8 Å². The molecule has 2 aromatic heterocycles. The van der Waals surface area contributed by atoms with Gasteiger partial charge in [-0.05, 0) is 37.8 Å². The van der Waals surface area contributed by atoms with Crippen LogP contribution in [0.3, 0.4) is 0 Å². The highest BCUT2D eigenvalue weighted by Gasteiger charge is 2.40. The van der Waals surface area contributed by atoms with Crippen LogP contribution in [0.1, 0.15) is 19.8 Å². The molecule has 0 saturated heterocycles. The SMILES string of the molecule is CC(C1CC1)N(CC(F)(F)F)C(=O)CSc1ncnc2c1cnn2-c1ccccc1. The second-order valence-electron chi connectivity index (χ2n) is 7.31. The number of benzene rings is 1. The van der Waals surface area contributed by atoms with Crippen LogP contribution in [0.4, 0.5) is 13.2 Å². The summed E-state index contributed by atoms with van der Waals surface area (Å²) in [7, 11) is 0. The molecule has 1 aliphatic rings. The standard InChI is InChI=1S/C20H20F3N5OS/c1-13(14-7-8-14)27(11-20(21,22)23)17(29)10-30-19-16-9-26-28(18(16)24-12-25-19)15-5-3-2-4-6-15/h2-6,9,12-14H,7-8,10-11H2,1H3. The van der Waals surface area contributed by atoms with Gasteiger partial charge in [0, 0.05) is 6.04 Å². The summed E-state index contributed by atoms with van der Waals surface area (Å²) in [4.78, 5) is 22.1. The molecule has 1 aliphatic carbocycles. The van der Waals surface area contributed by atoms with Crippen molar-refractivity contribution in [3.05, 3.63) is 42.9 Å². The number of nitrogens with zero attached hydrogens (tertiary/aromatic N) is 5. The first-order chi connectivity index (χ1) is 14.3. The number of thioether (sulfide) groups is 1. The largest absolute Gasteiger partial charge is 0.406 e. The quantitative estimate of drug-likeness (QED) is 0.413. The molecule has 0 radical (unpaired) electrons. The lowest BCUT2D eigenvalue weighted by atomic mass is 10.2. The number of rotatable bonds is 7. The van der Waals surface area contributed by atoms with Gasteiger partial charge >= 0.3 is 6.18 Å². The van der Waals surface area contributed by atoms with E-state index in [2.05, 4.69) is 15.1 Å². The predicted molar refractivity (Wildman–Crippen MR) is 107 cm³/mol. The lowest BCUT2D eigenvalue weighted by Crippen LogP contribution is -2.46. The average Bonchev–Trinajstić information content (AvgIpc) is 3.48. The average molecular weight is 435 g/mol. The maximum absolute atomic E-state index is 13.0. The first-order valence-electron chi connectivity index (χ1n) is 9.56. The van der Waals surface area contributed by atoms with Gasteiger partial charge in [0.05, 0.1) is 23.0 Å². The Bertz CT molecular complexity index is 1040. The molecule has 1 atom stereocenters. The van der Waals surface area contributed by atoms with Gasteiger partial charge in [-0.3, -0.25) is 4.79 Å². The van der Waals surface area contributed by atoms with Crippen molar-refractivity contribution in [1.82, 2.24) is 24.6 Å². The maximum atomic E-state index is 13.0. The monoisotopic (exact) mass is 435 g/mol. The Labute approximate surface area is 175 Å². The summed E-state index contributed by atoms with van der Waals surface area (Å²) in [5.74, 6) is -0.523. The van der Waals surface area contributed by atoms with Gasteiger partial charge in [0.25, 0.3) is 0 Å². The number of para-hydroxylation sites is 1. The van der Waals surface area contributed by atoms with Crippen LogP contribution in [0.25, 0.3) is 16.7 Å². The fourth-order valence-corrected chi connectivity index (χ4v) is 4.24. The molecule has 30 heavy (non-hydrogen) atoms. The Kier molecular flexibility index (Phi) is 5.68.